The number of allylic oxidation sites excluding steroid dienone is 1. The molecule has 7 rings (SSSR count). The molecule has 0 aromatic heterocycles. The number of fused-ring (bicyclic) bond motifs is 3. The maximum atomic E-state index is 14.8. The number of piperidine rings is 1. The van der Waals surface area contributed by atoms with E-state index >= 15 is 0 Å². The molecule has 0 radical (unpaired) electrons. The molecule has 6 aliphatic rings. The van der Waals surface area contributed by atoms with E-state index in [0.717, 1.165) is 56.1 Å². The van der Waals surface area contributed by atoms with Crippen molar-refractivity contribution in [2.45, 2.75) is 113 Å². The van der Waals surface area contributed by atoms with Crippen molar-refractivity contribution in [2.75, 3.05) is 26.2 Å². The van der Waals surface area contributed by atoms with E-state index < -0.39 is 68.6 Å². The van der Waals surface area contributed by atoms with Gasteiger partial charge in [0.25, 0.3) is 5.91 Å². The third kappa shape index (κ3) is 7.45. The van der Waals surface area contributed by atoms with E-state index in [0.29, 0.717) is 38.8 Å². The highest BCUT2D eigenvalue weighted by molar-refractivity contribution is 7.91. The van der Waals surface area contributed by atoms with Gasteiger partial charge in [-0.3, -0.25) is 23.9 Å². The second kappa shape index (κ2) is 14.8. The first-order chi connectivity index (χ1) is 25.0. The quantitative estimate of drug-likeness (QED) is 0.372. The molecule has 0 bridgehead atoms. The highest BCUT2D eigenvalue weighted by Crippen LogP contribution is 2.47. The van der Waals surface area contributed by atoms with E-state index in [1.54, 1.807) is 0 Å². The summed E-state index contributed by atoms with van der Waals surface area (Å²) >= 11 is 0. The van der Waals surface area contributed by atoms with Crippen LogP contribution in [-0.4, -0.2) is 101 Å². The molecule has 1 aromatic rings. The lowest BCUT2D eigenvalue weighted by molar-refractivity contribution is -0.145. The summed E-state index contributed by atoms with van der Waals surface area (Å²) in [4.78, 5) is 74.1. The van der Waals surface area contributed by atoms with Crippen LogP contribution in [-0.2, 0) is 35.6 Å². The third-order valence-electron chi connectivity index (χ3n) is 12.2. The lowest BCUT2D eigenvalue weighted by Gasteiger charge is -2.39. The smallest absolute Gasteiger partial charge is 0.407 e. The number of carbonyl (C=O) groups is 5. The van der Waals surface area contributed by atoms with Gasteiger partial charge in [0.05, 0.1) is 11.3 Å². The molecule has 2 unspecified atom stereocenters. The van der Waals surface area contributed by atoms with Crippen molar-refractivity contribution in [3.63, 3.8) is 0 Å². The van der Waals surface area contributed by atoms with E-state index in [4.69, 9.17) is 0 Å². The molecule has 14 heteroatoms. The summed E-state index contributed by atoms with van der Waals surface area (Å²) in [6.07, 6.45) is 11.2. The Hall–Kier alpha value is -3.94. The number of sulfonamides is 1. The Morgan fingerprint density at radius 1 is 0.962 bits per heavy atom. The van der Waals surface area contributed by atoms with Gasteiger partial charge in [-0.15, -0.1) is 0 Å². The van der Waals surface area contributed by atoms with Crippen LogP contribution in [0.25, 0.3) is 0 Å². The normalized spacial score (nSPS) is 31.3. The summed E-state index contributed by atoms with van der Waals surface area (Å²) < 4.78 is 28.0. The zero-order chi connectivity index (χ0) is 36.6. The Kier molecular flexibility index (Phi) is 10.4. The van der Waals surface area contributed by atoms with Crippen LogP contribution in [0, 0.1) is 17.8 Å². The molecule has 4 aliphatic heterocycles. The number of rotatable bonds is 6. The van der Waals surface area contributed by atoms with Crippen LogP contribution in [0.4, 0.5) is 4.79 Å². The first-order valence-corrected chi connectivity index (χ1v) is 20.7. The number of carbonyl (C=O) groups excluding carboxylic acids is 4. The van der Waals surface area contributed by atoms with Gasteiger partial charge >= 0.3 is 6.09 Å². The molecule has 2 saturated carbocycles. The molecule has 2 saturated heterocycles. The van der Waals surface area contributed by atoms with Crippen molar-refractivity contribution in [2.24, 2.45) is 17.8 Å². The van der Waals surface area contributed by atoms with Crippen LogP contribution in [0.15, 0.2) is 36.4 Å². The molecule has 6 atom stereocenters. The molecule has 1 aromatic carbocycles. The zero-order valence-electron chi connectivity index (χ0n) is 29.7. The second-order valence-electron chi connectivity index (χ2n) is 15.7. The molecule has 4 fully saturated rings. The lowest BCUT2D eigenvalue weighted by Crippen LogP contribution is -2.57. The summed E-state index contributed by atoms with van der Waals surface area (Å²) in [5.74, 6) is -3.25. The molecule has 282 valence electrons. The van der Waals surface area contributed by atoms with Crippen molar-refractivity contribution in [3.05, 3.63) is 47.5 Å². The van der Waals surface area contributed by atoms with Crippen LogP contribution < -0.4 is 10.0 Å². The predicted molar refractivity (Wildman–Crippen MR) is 191 cm³/mol. The monoisotopic (exact) mass is 737 g/mol. The Bertz CT molecular complexity index is 1720. The minimum absolute atomic E-state index is 0.0369. The van der Waals surface area contributed by atoms with Crippen LogP contribution in [0.5, 0.6) is 0 Å². The summed E-state index contributed by atoms with van der Waals surface area (Å²) in [6, 6.07) is 6.02. The van der Waals surface area contributed by atoms with Crippen molar-refractivity contribution in [1.29, 1.82) is 0 Å². The van der Waals surface area contributed by atoms with Gasteiger partial charge in [0, 0.05) is 50.4 Å². The highest BCUT2D eigenvalue weighted by Gasteiger charge is 2.62. The summed E-state index contributed by atoms with van der Waals surface area (Å²) in [7, 11) is -3.89. The van der Waals surface area contributed by atoms with Crippen LogP contribution in [0.1, 0.15) is 101 Å². The fraction of sp³-hybridized carbons (Fsp3) is 0.658. The zero-order valence-corrected chi connectivity index (χ0v) is 30.5. The van der Waals surface area contributed by atoms with Gasteiger partial charge in [-0.25, -0.2) is 13.2 Å². The molecule has 52 heavy (non-hydrogen) atoms. The molecule has 3 N–H and O–H groups in total. The number of nitrogens with zero attached hydrogens (tertiary/aromatic N) is 3. The Balaban J connectivity index is 1.22. The van der Waals surface area contributed by atoms with E-state index in [9.17, 15) is 37.5 Å². The average Bonchev–Trinajstić information content (AvgIpc) is 4.06. The summed E-state index contributed by atoms with van der Waals surface area (Å²) in [5, 5.41) is 12.6. The number of hydrogen-bond donors (Lipinski definition) is 3. The minimum Gasteiger partial charge on any atom is -0.465 e. The number of hydrogen-bond acceptors (Lipinski definition) is 7. The molecule has 5 amide bonds. The highest BCUT2D eigenvalue weighted by atomic mass is 32.2. The minimum atomic E-state index is -3.89. The predicted octanol–water partition coefficient (Wildman–Crippen LogP) is 3.50. The number of nitrogens with one attached hydrogen (secondary N) is 2. The van der Waals surface area contributed by atoms with Gasteiger partial charge < -0.3 is 25.1 Å². The molecular formula is C38H51N5O8S. The summed E-state index contributed by atoms with van der Waals surface area (Å²) in [6.45, 7) is 1.71. The lowest BCUT2D eigenvalue weighted by atomic mass is 9.83. The summed E-state index contributed by atoms with van der Waals surface area (Å²) in [5.41, 5.74) is 0.383. The molecule has 2 aliphatic carbocycles. The van der Waals surface area contributed by atoms with Crippen molar-refractivity contribution in [3.8, 4) is 0 Å². The van der Waals surface area contributed by atoms with E-state index in [-0.39, 0.29) is 44.2 Å². The Morgan fingerprint density at radius 2 is 1.71 bits per heavy atom. The average molecular weight is 738 g/mol. The van der Waals surface area contributed by atoms with Crippen molar-refractivity contribution < 1.29 is 37.5 Å². The number of carboxylic acid groups (broad SMARTS) is 1. The molecule has 0 spiro atoms. The van der Waals surface area contributed by atoms with Crippen LogP contribution in [0.3, 0.4) is 0 Å². The number of likely N-dealkylation sites (tertiary alicyclic amines) is 1. The standard InChI is InChI=1S/C38H51N5O8S/c44-32(41-18-9-4-10-19-41)22-26-12-5-2-1-3-6-13-28-23-38(28,36(47)40-52(50,51)29-15-16-29)39-34(45)31-21-27(24-43(31)35(26)46)33-30-14-8-7-11-25(30)17-20-42(33)37(48)49/h6-8,11,13-14,26-29,31,33H,1-5,9-10,12,15-24H2,(H,39,45)(H,40,47)(H,48,49)/t26-,27-,28?,31+,33?,38-/m1/s1. The molecule has 4 heterocycles. The first-order valence-electron chi connectivity index (χ1n) is 19.2. The topological polar surface area (TPSA) is 174 Å². The van der Waals surface area contributed by atoms with Gasteiger partial charge in [0.15, 0.2) is 0 Å². The fourth-order valence-corrected chi connectivity index (χ4v) is 10.4. The molecular weight excluding hydrogens is 687 g/mol. The van der Waals surface area contributed by atoms with Gasteiger partial charge in [-0.05, 0) is 81.8 Å². The van der Waals surface area contributed by atoms with Gasteiger partial charge in [-0.1, -0.05) is 49.3 Å². The van der Waals surface area contributed by atoms with Crippen LogP contribution >= 0.6 is 0 Å². The van der Waals surface area contributed by atoms with Gasteiger partial charge in [-0.2, -0.15) is 0 Å². The Labute approximate surface area is 305 Å². The van der Waals surface area contributed by atoms with Crippen molar-refractivity contribution >= 4 is 39.7 Å². The maximum absolute atomic E-state index is 14.8. The van der Waals surface area contributed by atoms with E-state index in [2.05, 4.69) is 10.0 Å². The molecule has 13 nitrogen and oxygen atoms in total. The van der Waals surface area contributed by atoms with Gasteiger partial charge in [0.1, 0.15) is 11.6 Å². The van der Waals surface area contributed by atoms with E-state index in [1.807, 2.05) is 41.3 Å². The maximum Gasteiger partial charge on any atom is 0.407 e. The van der Waals surface area contributed by atoms with Crippen LogP contribution in [0.2, 0.25) is 0 Å². The number of amides is 5. The largest absolute Gasteiger partial charge is 0.465 e. The van der Waals surface area contributed by atoms with E-state index in [1.165, 1.54) is 9.80 Å². The third-order valence-corrected chi connectivity index (χ3v) is 14.0. The Morgan fingerprint density at radius 3 is 2.46 bits per heavy atom. The SMILES string of the molecule is O=C1N[C@]2(C(=O)NS(=O)(=O)C3CC3)CC2C=CCCCCC[C@H](CC(=O)N2CCCCC2)C(=O)N2C[C@H](C3c4ccccc4CCN3C(=O)O)C[C@@H]12. The second-order valence-corrected chi connectivity index (χ2v) is 17.7. The number of benzene rings is 1. The van der Waals surface area contributed by atoms with Gasteiger partial charge in [0.2, 0.25) is 27.7 Å². The first kappa shape index (κ1) is 36.4. The van der Waals surface area contributed by atoms with Crippen molar-refractivity contribution in [1.82, 2.24) is 24.7 Å². The fourth-order valence-electron chi connectivity index (χ4n) is 9.00.